The molecule has 0 spiro atoms. The number of carbonyl (C=O) groups excluding carboxylic acids is 1. The van der Waals surface area contributed by atoms with Gasteiger partial charge in [-0.05, 0) is 53.4 Å². The maximum atomic E-state index is 13.0. The molecule has 6 heteroatoms. The summed E-state index contributed by atoms with van der Waals surface area (Å²) in [4.78, 5) is 19.1. The quantitative estimate of drug-likeness (QED) is 0.525. The van der Waals surface area contributed by atoms with E-state index >= 15 is 0 Å². The van der Waals surface area contributed by atoms with Gasteiger partial charge in [-0.25, -0.2) is 0 Å². The number of fused-ring (bicyclic) bond motifs is 2. The number of hydrogen-bond donors (Lipinski definition) is 1. The molecule has 5 nitrogen and oxygen atoms in total. The Labute approximate surface area is 178 Å². The third-order valence-electron chi connectivity index (χ3n) is 5.57. The van der Waals surface area contributed by atoms with Gasteiger partial charge in [-0.15, -0.1) is 11.3 Å². The Balaban J connectivity index is 1.43. The highest BCUT2D eigenvalue weighted by atomic mass is 32.1. The van der Waals surface area contributed by atoms with E-state index in [4.69, 9.17) is 10.5 Å². The highest BCUT2D eigenvalue weighted by Gasteiger charge is 2.25. The average molecular weight is 416 g/mol. The first-order valence-electron chi connectivity index (χ1n) is 9.82. The number of anilines is 2. The van der Waals surface area contributed by atoms with Gasteiger partial charge in [0.15, 0.2) is 0 Å². The van der Waals surface area contributed by atoms with Crippen LogP contribution in [0.5, 0.6) is 5.75 Å². The molecule has 0 aliphatic carbocycles. The van der Waals surface area contributed by atoms with Crippen LogP contribution in [0.15, 0.2) is 60.9 Å². The molecule has 150 valence electrons. The van der Waals surface area contributed by atoms with Gasteiger partial charge in [0.2, 0.25) is 5.91 Å². The molecular formula is C24H21N3O2S. The lowest BCUT2D eigenvalue weighted by molar-refractivity contribution is -0.117. The van der Waals surface area contributed by atoms with Crippen LogP contribution in [0.1, 0.15) is 11.1 Å². The van der Waals surface area contributed by atoms with Crippen molar-refractivity contribution in [3.05, 3.63) is 72.1 Å². The normalized spacial score (nSPS) is 12.9. The van der Waals surface area contributed by atoms with Gasteiger partial charge in [0.25, 0.3) is 0 Å². The Morgan fingerprint density at radius 2 is 2.13 bits per heavy atom. The van der Waals surface area contributed by atoms with Crippen molar-refractivity contribution in [2.24, 2.45) is 0 Å². The van der Waals surface area contributed by atoms with Crippen molar-refractivity contribution >= 4 is 38.0 Å². The van der Waals surface area contributed by atoms with E-state index in [1.54, 1.807) is 24.6 Å². The van der Waals surface area contributed by atoms with Gasteiger partial charge in [0, 0.05) is 40.3 Å². The van der Waals surface area contributed by atoms with E-state index in [1.165, 1.54) is 5.56 Å². The Bertz CT molecular complexity index is 1260. The van der Waals surface area contributed by atoms with Crippen LogP contribution in [-0.4, -0.2) is 24.5 Å². The molecule has 2 aromatic carbocycles. The summed E-state index contributed by atoms with van der Waals surface area (Å²) in [7, 11) is 1.63. The Morgan fingerprint density at radius 3 is 3.00 bits per heavy atom. The number of benzene rings is 2. The average Bonchev–Trinajstić information content (AvgIpc) is 3.33. The van der Waals surface area contributed by atoms with Crippen LogP contribution in [0.2, 0.25) is 0 Å². The van der Waals surface area contributed by atoms with Crippen LogP contribution in [0.25, 0.3) is 21.2 Å². The fourth-order valence-corrected chi connectivity index (χ4v) is 5.09. The number of thiophene rings is 1. The molecule has 1 amide bonds. The molecule has 2 N–H and O–H groups in total. The molecule has 2 aromatic heterocycles. The number of methoxy groups -OCH3 is 1. The van der Waals surface area contributed by atoms with Crippen LogP contribution in [0.4, 0.5) is 10.7 Å². The zero-order valence-electron chi connectivity index (χ0n) is 16.6. The maximum absolute atomic E-state index is 13.0. The summed E-state index contributed by atoms with van der Waals surface area (Å²) in [5.41, 5.74) is 11.6. The molecular weight excluding hydrogens is 394 g/mol. The zero-order valence-corrected chi connectivity index (χ0v) is 17.4. The van der Waals surface area contributed by atoms with Crippen molar-refractivity contribution in [2.45, 2.75) is 12.8 Å². The molecule has 0 bridgehead atoms. The molecule has 0 saturated carbocycles. The van der Waals surface area contributed by atoms with E-state index in [-0.39, 0.29) is 5.91 Å². The lowest BCUT2D eigenvalue weighted by atomic mass is 10.0. The van der Waals surface area contributed by atoms with Gasteiger partial charge in [0.1, 0.15) is 5.75 Å². The van der Waals surface area contributed by atoms with E-state index in [0.29, 0.717) is 13.0 Å². The topological polar surface area (TPSA) is 68.5 Å². The standard InChI is InChI=1S/C24H21N3O2S/c1-29-18-4-2-3-15(11-18)12-22(28)27-10-8-16-13-17(5-6-20(16)27)23-19-14-26-9-7-21(19)30-24(23)25/h2-7,9,11,13-14H,8,10,12,25H2,1H3. The van der Waals surface area contributed by atoms with E-state index in [2.05, 4.69) is 17.1 Å². The molecule has 0 unspecified atom stereocenters. The van der Waals surface area contributed by atoms with E-state index < -0.39 is 0 Å². The van der Waals surface area contributed by atoms with Crippen LogP contribution in [0, 0.1) is 0 Å². The molecule has 4 aromatic rings. The number of carbonyl (C=O) groups is 1. The summed E-state index contributed by atoms with van der Waals surface area (Å²) < 4.78 is 6.40. The number of amides is 1. The monoisotopic (exact) mass is 415 g/mol. The molecule has 5 rings (SSSR count). The smallest absolute Gasteiger partial charge is 0.231 e. The fraction of sp³-hybridized carbons (Fsp3) is 0.167. The van der Waals surface area contributed by atoms with Gasteiger partial charge in [-0.3, -0.25) is 9.78 Å². The second-order valence-electron chi connectivity index (χ2n) is 7.38. The lowest BCUT2D eigenvalue weighted by Gasteiger charge is -2.18. The number of ether oxygens (including phenoxy) is 1. The SMILES string of the molecule is COc1cccc(CC(=O)N2CCc3cc(-c4c(N)sc5ccncc45)ccc32)c1. The van der Waals surface area contributed by atoms with Gasteiger partial charge in [-0.1, -0.05) is 18.2 Å². The number of aromatic nitrogens is 1. The van der Waals surface area contributed by atoms with Gasteiger partial charge in [-0.2, -0.15) is 0 Å². The zero-order chi connectivity index (χ0) is 20.7. The van der Waals surface area contributed by atoms with Gasteiger partial charge in [0.05, 0.1) is 18.5 Å². The van der Waals surface area contributed by atoms with E-state index in [0.717, 1.165) is 49.6 Å². The predicted octanol–water partition coefficient (Wildman–Crippen LogP) is 4.69. The van der Waals surface area contributed by atoms with E-state index in [9.17, 15) is 4.79 Å². The second kappa shape index (κ2) is 7.46. The van der Waals surface area contributed by atoms with Gasteiger partial charge < -0.3 is 15.4 Å². The number of nitrogens with two attached hydrogens (primary N) is 1. The molecule has 3 heterocycles. The molecule has 0 atom stereocenters. The minimum atomic E-state index is 0.0967. The third-order valence-corrected chi connectivity index (χ3v) is 6.57. The number of hydrogen-bond acceptors (Lipinski definition) is 5. The lowest BCUT2D eigenvalue weighted by Crippen LogP contribution is -2.30. The summed E-state index contributed by atoms with van der Waals surface area (Å²) in [5.74, 6) is 0.862. The predicted molar refractivity (Wildman–Crippen MR) is 122 cm³/mol. The van der Waals surface area contributed by atoms with Crippen LogP contribution < -0.4 is 15.4 Å². The molecule has 0 fully saturated rings. The highest BCUT2D eigenvalue weighted by Crippen LogP contribution is 2.42. The molecule has 0 saturated heterocycles. The fourth-order valence-electron chi connectivity index (χ4n) is 4.13. The molecule has 30 heavy (non-hydrogen) atoms. The van der Waals surface area contributed by atoms with Crippen molar-refractivity contribution in [3.8, 4) is 16.9 Å². The van der Waals surface area contributed by atoms with E-state index in [1.807, 2.05) is 47.5 Å². The van der Waals surface area contributed by atoms with Crippen molar-refractivity contribution in [1.82, 2.24) is 4.98 Å². The van der Waals surface area contributed by atoms with Crippen LogP contribution >= 0.6 is 11.3 Å². The number of nitrogen functional groups attached to an aromatic ring is 1. The number of nitrogens with zero attached hydrogens (tertiary/aromatic N) is 2. The van der Waals surface area contributed by atoms with Crippen molar-refractivity contribution < 1.29 is 9.53 Å². The summed E-state index contributed by atoms with van der Waals surface area (Å²) in [5, 5.41) is 1.87. The molecule has 1 aliphatic heterocycles. The summed E-state index contributed by atoms with van der Waals surface area (Å²) in [6.07, 6.45) is 4.85. The van der Waals surface area contributed by atoms with Crippen molar-refractivity contribution in [1.29, 1.82) is 0 Å². The van der Waals surface area contributed by atoms with Crippen molar-refractivity contribution in [3.63, 3.8) is 0 Å². The van der Waals surface area contributed by atoms with Crippen LogP contribution in [0.3, 0.4) is 0 Å². The first-order valence-corrected chi connectivity index (χ1v) is 10.6. The highest BCUT2D eigenvalue weighted by molar-refractivity contribution is 7.23. The largest absolute Gasteiger partial charge is 0.497 e. The number of rotatable bonds is 4. The summed E-state index contributed by atoms with van der Waals surface area (Å²) >= 11 is 1.58. The first kappa shape index (κ1) is 18.6. The maximum Gasteiger partial charge on any atom is 0.231 e. The Morgan fingerprint density at radius 1 is 1.23 bits per heavy atom. The first-order chi connectivity index (χ1) is 14.6. The minimum absolute atomic E-state index is 0.0967. The number of pyridine rings is 1. The Hall–Kier alpha value is -3.38. The molecule has 0 radical (unpaired) electrons. The van der Waals surface area contributed by atoms with Crippen LogP contribution in [-0.2, 0) is 17.6 Å². The van der Waals surface area contributed by atoms with Gasteiger partial charge >= 0.3 is 0 Å². The van der Waals surface area contributed by atoms with Crippen molar-refractivity contribution in [2.75, 3.05) is 24.3 Å². The summed E-state index contributed by atoms with van der Waals surface area (Å²) in [6, 6.07) is 15.9. The second-order valence-corrected chi connectivity index (χ2v) is 8.46. The minimum Gasteiger partial charge on any atom is -0.497 e. The third kappa shape index (κ3) is 3.19. The summed E-state index contributed by atoms with van der Waals surface area (Å²) in [6.45, 7) is 0.697. The Kier molecular flexibility index (Phi) is 4.64. The molecule has 1 aliphatic rings.